The third-order valence-corrected chi connectivity index (χ3v) is 9.07. The summed E-state index contributed by atoms with van der Waals surface area (Å²) in [6, 6.07) is 57.9. The summed E-state index contributed by atoms with van der Waals surface area (Å²) in [5.74, 6) is 0.370. The topological polar surface area (TPSA) is 20.2 Å². The number of phenolic OH excluding ortho intramolecular Hbond substituents is 1. The van der Waals surface area contributed by atoms with Gasteiger partial charge in [-0.25, -0.2) is 0 Å². The second kappa shape index (κ2) is 11.4. The van der Waals surface area contributed by atoms with Gasteiger partial charge in [0.25, 0.3) is 0 Å². The van der Waals surface area contributed by atoms with Crippen molar-refractivity contribution in [2.75, 3.05) is 0 Å². The molecular weight excluding hydrogens is 544 g/mol. The Balaban J connectivity index is 1.39. The Morgan fingerprint density at radius 1 is 0.400 bits per heavy atom. The van der Waals surface area contributed by atoms with Gasteiger partial charge in [-0.05, 0) is 91.4 Å². The van der Waals surface area contributed by atoms with Crippen LogP contribution in [0, 0.1) is 0 Å². The monoisotopic (exact) mass is 576 g/mol. The number of phenols is 1. The highest BCUT2D eigenvalue weighted by atomic mass is 16.3. The number of rotatable bonds is 6. The van der Waals surface area contributed by atoms with Crippen LogP contribution in [0.1, 0.15) is 22.3 Å². The third-order valence-electron chi connectivity index (χ3n) is 9.07. The summed E-state index contributed by atoms with van der Waals surface area (Å²) >= 11 is 0. The van der Waals surface area contributed by atoms with Crippen LogP contribution in [0.4, 0.5) is 0 Å². The van der Waals surface area contributed by atoms with Crippen molar-refractivity contribution in [1.82, 2.24) is 0 Å². The van der Waals surface area contributed by atoms with E-state index in [9.17, 15) is 5.11 Å². The van der Waals surface area contributed by atoms with Gasteiger partial charge < -0.3 is 5.11 Å². The van der Waals surface area contributed by atoms with Crippen molar-refractivity contribution >= 4 is 0 Å². The molecule has 0 fully saturated rings. The van der Waals surface area contributed by atoms with E-state index in [-0.39, 0.29) is 0 Å². The molecule has 1 aliphatic carbocycles. The molecule has 1 aliphatic rings. The number of aromatic hydroxyl groups is 1. The number of benzene rings is 7. The molecule has 0 saturated heterocycles. The lowest BCUT2D eigenvalue weighted by Crippen LogP contribution is -1.97. The number of fused-ring (bicyclic) bond motifs is 3. The fourth-order valence-corrected chi connectivity index (χ4v) is 6.97. The Morgan fingerprint density at radius 2 is 0.889 bits per heavy atom. The highest BCUT2D eigenvalue weighted by Crippen LogP contribution is 2.50. The lowest BCUT2D eigenvalue weighted by Gasteiger charge is -2.19. The van der Waals surface area contributed by atoms with Crippen LogP contribution in [0.3, 0.4) is 0 Å². The van der Waals surface area contributed by atoms with Crippen LogP contribution in [-0.2, 0) is 12.8 Å². The fraction of sp³-hybridized carbons (Fsp3) is 0.0455. The predicted molar refractivity (Wildman–Crippen MR) is 187 cm³/mol. The minimum absolute atomic E-state index is 0.370. The SMILES string of the molecule is Oc1c(-c2ccccc2)cc2c(c1Cc1ccccc1)-c1cc(-c3ccccc3-c3ccccc3)c(-c3ccccc3)cc1C2. The molecule has 45 heavy (non-hydrogen) atoms. The molecule has 0 unspecified atom stereocenters. The summed E-state index contributed by atoms with van der Waals surface area (Å²) in [5, 5.41) is 12.0. The normalized spacial score (nSPS) is 11.6. The van der Waals surface area contributed by atoms with E-state index in [0.29, 0.717) is 12.2 Å². The summed E-state index contributed by atoms with van der Waals surface area (Å²) in [6.45, 7) is 0. The Labute approximate surface area is 264 Å². The van der Waals surface area contributed by atoms with E-state index in [1.54, 1.807) is 0 Å². The second-order valence-corrected chi connectivity index (χ2v) is 11.8. The Hall–Kier alpha value is -5.66. The largest absolute Gasteiger partial charge is 0.507 e. The molecule has 0 atom stereocenters. The van der Waals surface area contributed by atoms with Crippen molar-refractivity contribution in [3.05, 3.63) is 186 Å². The number of hydrogen-bond acceptors (Lipinski definition) is 1. The van der Waals surface area contributed by atoms with Gasteiger partial charge in [0, 0.05) is 17.5 Å². The Morgan fingerprint density at radius 3 is 1.51 bits per heavy atom. The minimum Gasteiger partial charge on any atom is -0.507 e. The van der Waals surface area contributed by atoms with Crippen LogP contribution >= 0.6 is 0 Å². The molecule has 7 aromatic carbocycles. The average Bonchev–Trinajstić information content (AvgIpc) is 3.47. The van der Waals surface area contributed by atoms with Gasteiger partial charge in [0.15, 0.2) is 0 Å². The van der Waals surface area contributed by atoms with Gasteiger partial charge in [0.05, 0.1) is 0 Å². The van der Waals surface area contributed by atoms with Crippen molar-refractivity contribution in [3.8, 4) is 61.4 Å². The summed E-state index contributed by atoms with van der Waals surface area (Å²) in [6.07, 6.45) is 1.48. The summed E-state index contributed by atoms with van der Waals surface area (Å²) in [7, 11) is 0. The van der Waals surface area contributed by atoms with Crippen molar-refractivity contribution in [3.63, 3.8) is 0 Å². The average molecular weight is 577 g/mol. The molecule has 0 radical (unpaired) electrons. The van der Waals surface area contributed by atoms with Gasteiger partial charge in [0.2, 0.25) is 0 Å². The van der Waals surface area contributed by atoms with E-state index in [0.717, 1.165) is 23.1 Å². The Kier molecular flexibility index (Phi) is 6.85. The molecule has 8 rings (SSSR count). The first-order chi connectivity index (χ1) is 22.2. The predicted octanol–water partition coefficient (Wildman–Crippen LogP) is 11.2. The summed E-state index contributed by atoms with van der Waals surface area (Å²) in [5.41, 5.74) is 16.3. The van der Waals surface area contributed by atoms with Crippen LogP contribution in [0.2, 0.25) is 0 Å². The van der Waals surface area contributed by atoms with Crippen molar-refractivity contribution in [2.24, 2.45) is 0 Å². The number of hydrogen-bond donors (Lipinski definition) is 1. The lowest BCUT2D eigenvalue weighted by molar-refractivity contribution is 0.471. The van der Waals surface area contributed by atoms with Gasteiger partial charge in [0.1, 0.15) is 5.75 Å². The summed E-state index contributed by atoms with van der Waals surface area (Å²) in [4.78, 5) is 0. The molecular formula is C44H32O. The third kappa shape index (κ3) is 4.93. The highest BCUT2D eigenvalue weighted by Gasteiger charge is 2.28. The molecule has 0 aliphatic heterocycles. The summed E-state index contributed by atoms with van der Waals surface area (Å²) < 4.78 is 0. The first kappa shape index (κ1) is 26.9. The molecule has 0 heterocycles. The molecule has 1 heteroatoms. The van der Waals surface area contributed by atoms with Crippen molar-refractivity contribution in [2.45, 2.75) is 12.8 Å². The van der Waals surface area contributed by atoms with Crippen molar-refractivity contribution < 1.29 is 5.11 Å². The quantitative estimate of drug-likeness (QED) is 0.209. The first-order valence-corrected chi connectivity index (χ1v) is 15.6. The van der Waals surface area contributed by atoms with Gasteiger partial charge in [-0.1, -0.05) is 146 Å². The van der Waals surface area contributed by atoms with E-state index in [1.165, 1.54) is 61.2 Å². The van der Waals surface area contributed by atoms with E-state index < -0.39 is 0 Å². The molecule has 0 aromatic heterocycles. The van der Waals surface area contributed by atoms with Crippen LogP contribution in [-0.4, -0.2) is 5.11 Å². The minimum atomic E-state index is 0.370. The van der Waals surface area contributed by atoms with Crippen LogP contribution in [0.25, 0.3) is 55.6 Å². The van der Waals surface area contributed by atoms with Crippen LogP contribution < -0.4 is 0 Å². The first-order valence-electron chi connectivity index (χ1n) is 15.6. The molecule has 1 N–H and O–H groups in total. The van der Waals surface area contributed by atoms with E-state index >= 15 is 0 Å². The van der Waals surface area contributed by atoms with Crippen LogP contribution in [0.5, 0.6) is 5.75 Å². The molecule has 7 aromatic rings. The van der Waals surface area contributed by atoms with Crippen LogP contribution in [0.15, 0.2) is 164 Å². The standard InChI is InChI=1S/C44H32O/c45-44-40(33-21-11-4-12-22-33)28-35-26-34-27-38(32-19-9-3-10-20-32)41(37-24-14-13-23-36(37)31-17-7-2-8-18-31)29-39(34)43(35)42(44)25-30-15-5-1-6-16-30/h1-24,27-29,45H,25-26H2. The molecule has 0 spiro atoms. The zero-order valence-corrected chi connectivity index (χ0v) is 24.9. The maximum atomic E-state index is 12.0. The lowest BCUT2D eigenvalue weighted by atomic mass is 9.85. The van der Waals surface area contributed by atoms with Gasteiger partial charge in [-0.2, -0.15) is 0 Å². The fourth-order valence-electron chi connectivity index (χ4n) is 6.97. The van der Waals surface area contributed by atoms with E-state index in [4.69, 9.17) is 0 Å². The smallest absolute Gasteiger partial charge is 0.127 e. The zero-order chi connectivity index (χ0) is 30.2. The highest BCUT2D eigenvalue weighted by molar-refractivity contribution is 5.97. The van der Waals surface area contributed by atoms with Gasteiger partial charge >= 0.3 is 0 Å². The molecule has 0 bridgehead atoms. The molecule has 0 amide bonds. The van der Waals surface area contributed by atoms with Gasteiger partial charge in [-0.15, -0.1) is 0 Å². The second-order valence-electron chi connectivity index (χ2n) is 11.8. The maximum Gasteiger partial charge on any atom is 0.127 e. The Bertz CT molecular complexity index is 2130. The zero-order valence-electron chi connectivity index (χ0n) is 24.9. The van der Waals surface area contributed by atoms with E-state index in [1.807, 2.05) is 24.3 Å². The maximum absolute atomic E-state index is 12.0. The molecule has 0 saturated carbocycles. The van der Waals surface area contributed by atoms with Crippen molar-refractivity contribution in [1.29, 1.82) is 0 Å². The molecule has 1 nitrogen and oxygen atoms in total. The molecule has 214 valence electrons. The van der Waals surface area contributed by atoms with E-state index in [2.05, 4.69) is 140 Å². The van der Waals surface area contributed by atoms with Gasteiger partial charge in [-0.3, -0.25) is 0 Å².